The number of pyridine rings is 1. The minimum Gasteiger partial charge on any atom is -0.388 e. The maximum absolute atomic E-state index is 13.1. The third-order valence-corrected chi connectivity index (χ3v) is 8.41. The first-order valence-electron chi connectivity index (χ1n) is 11.5. The lowest BCUT2D eigenvalue weighted by molar-refractivity contribution is -0.137. The van der Waals surface area contributed by atoms with Crippen molar-refractivity contribution in [3.8, 4) is 0 Å². The molecule has 0 radical (unpaired) electrons. The maximum atomic E-state index is 13.1. The first-order chi connectivity index (χ1) is 15.7. The second-order valence-corrected chi connectivity index (χ2v) is 10.4. The number of aliphatic hydroxyl groups excluding tert-OH is 1. The number of rotatable bonds is 1. The van der Waals surface area contributed by atoms with Gasteiger partial charge in [-0.3, -0.25) is 0 Å². The zero-order valence-electron chi connectivity index (χ0n) is 18.1. The fraction of sp³-hybridized carbons (Fsp3) is 0.560. The van der Waals surface area contributed by atoms with Crippen LogP contribution < -0.4 is 0 Å². The Morgan fingerprint density at radius 2 is 1.73 bits per heavy atom. The lowest BCUT2D eigenvalue weighted by Crippen LogP contribution is -2.40. The Labute approximate surface area is 195 Å². The summed E-state index contributed by atoms with van der Waals surface area (Å²) in [6.45, 7) is 1.02. The largest absolute Gasteiger partial charge is 0.416 e. The molecule has 176 valence electrons. The molecule has 1 N–H and O–H groups in total. The normalized spacial score (nSPS) is 27.3. The van der Waals surface area contributed by atoms with Gasteiger partial charge in [0, 0.05) is 48.4 Å². The third kappa shape index (κ3) is 3.34. The minimum absolute atomic E-state index is 0.103. The van der Waals surface area contributed by atoms with Gasteiger partial charge in [0.15, 0.2) is 0 Å². The summed E-state index contributed by atoms with van der Waals surface area (Å²) >= 11 is 6.78. The summed E-state index contributed by atoms with van der Waals surface area (Å²) in [6, 6.07) is 5.04. The fourth-order valence-corrected chi connectivity index (χ4v) is 6.64. The van der Waals surface area contributed by atoms with E-state index in [0.29, 0.717) is 48.8 Å². The average Bonchev–Trinajstić information content (AvgIpc) is 3.07. The summed E-state index contributed by atoms with van der Waals surface area (Å²) in [5.74, 6) is 0. The summed E-state index contributed by atoms with van der Waals surface area (Å²) in [7, 11) is 0. The number of alkyl halides is 3. The van der Waals surface area contributed by atoms with Crippen molar-refractivity contribution in [1.29, 1.82) is 0 Å². The van der Waals surface area contributed by atoms with E-state index >= 15 is 0 Å². The maximum Gasteiger partial charge on any atom is 0.416 e. The molecule has 2 atom stereocenters. The SMILES string of the molecule is OC1CC2(CCC2)Cc2nc(Cl)c3c(c21)C1(CCOCC1)OC3c1ccc(C(F)(F)F)cc1. The molecule has 33 heavy (non-hydrogen) atoms. The molecule has 2 aromatic rings. The molecule has 1 aromatic carbocycles. The molecular weight excluding hydrogens is 455 g/mol. The molecular formula is C25H25ClF3NO3. The van der Waals surface area contributed by atoms with Crippen molar-refractivity contribution >= 4 is 11.6 Å². The number of aromatic nitrogens is 1. The average molecular weight is 480 g/mol. The van der Waals surface area contributed by atoms with Crippen molar-refractivity contribution in [1.82, 2.24) is 4.98 Å². The van der Waals surface area contributed by atoms with E-state index in [4.69, 9.17) is 26.1 Å². The number of benzene rings is 1. The van der Waals surface area contributed by atoms with E-state index in [9.17, 15) is 18.3 Å². The first kappa shape index (κ1) is 21.8. The topological polar surface area (TPSA) is 51.6 Å². The standard InChI is InChI=1S/C25H25ClF3NO3/c26-22-19-20(18-16(30-22)12-23(6-1-7-23)13-17(18)31)24(8-10-32-11-9-24)33-21(19)14-2-4-15(5-3-14)25(27,28)29/h2-5,17,21,31H,1,6-13H2. The van der Waals surface area contributed by atoms with Crippen LogP contribution in [-0.4, -0.2) is 23.3 Å². The van der Waals surface area contributed by atoms with Gasteiger partial charge in [-0.1, -0.05) is 30.2 Å². The van der Waals surface area contributed by atoms with Crippen molar-refractivity contribution in [3.05, 3.63) is 62.9 Å². The molecule has 2 fully saturated rings. The Balaban J connectivity index is 1.50. The molecule has 2 aliphatic heterocycles. The zero-order valence-corrected chi connectivity index (χ0v) is 18.8. The Bertz CT molecular complexity index is 1090. The number of hydrogen-bond acceptors (Lipinski definition) is 4. The Morgan fingerprint density at radius 3 is 2.33 bits per heavy atom. The number of nitrogens with zero attached hydrogens (tertiary/aromatic N) is 1. The number of aliphatic hydroxyl groups is 1. The van der Waals surface area contributed by atoms with Gasteiger partial charge in [-0.25, -0.2) is 4.98 Å². The van der Waals surface area contributed by atoms with Gasteiger partial charge >= 0.3 is 6.18 Å². The zero-order chi connectivity index (χ0) is 23.0. The van der Waals surface area contributed by atoms with Crippen molar-refractivity contribution in [2.45, 2.75) is 68.9 Å². The van der Waals surface area contributed by atoms with Gasteiger partial charge in [0.2, 0.25) is 0 Å². The molecule has 0 bridgehead atoms. The fourth-order valence-electron chi connectivity index (χ4n) is 6.35. The van der Waals surface area contributed by atoms with Crippen molar-refractivity contribution in [2.75, 3.05) is 13.2 Å². The van der Waals surface area contributed by atoms with E-state index in [1.807, 2.05) is 0 Å². The Hall–Kier alpha value is -1.67. The van der Waals surface area contributed by atoms with Crippen LogP contribution in [0.3, 0.4) is 0 Å². The quantitative estimate of drug-likeness (QED) is 0.507. The molecule has 4 nitrogen and oxygen atoms in total. The van der Waals surface area contributed by atoms with Crippen molar-refractivity contribution in [3.63, 3.8) is 0 Å². The molecule has 2 unspecified atom stereocenters. The van der Waals surface area contributed by atoms with Crippen LogP contribution in [0.5, 0.6) is 0 Å². The molecule has 0 amide bonds. The van der Waals surface area contributed by atoms with Crippen LogP contribution in [0.4, 0.5) is 13.2 Å². The lowest BCUT2D eigenvalue weighted by atomic mass is 9.59. The van der Waals surface area contributed by atoms with E-state index in [2.05, 4.69) is 0 Å². The number of hydrogen-bond donors (Lipinski definition) is 1. The molecule has 1 aromatic heterocycles. The molecule has 4 aliphatic rings. The highest BCUT2D eigenvalue weighted by Crippen LogP contribution is 2.60. The minimum atomic E-state index is -4.41. The van der Waals surface area contributed by atoms with E-state index in [-0.39, 0.29) is 5.41 Å². The van der Waals surface area contributed by atoms with Gasteiger partial charge in [-0.05, 0) is 48.8 Å². The second-order valence-electron chi connectivity index (χ2n) is 10.0. The molecule has 1 saturated heterocycles. The number of ether oxygens (including phenoxy) is 2. The van der Waals surface area contributed by atoms with Gasteiger partial charge in [0.1, 0.15) is 11.3 Å². The van der Waals surface area contributed by atoms with Gasteiger partial charge in [-0.2, -0.15) is 13.2 Å². The first-order valence-corrected chi connectivity index (χ1v) is 11.9. The van der Waals surface area contributed by atoms with E-state index in [1.54, 1.807) is 0 Å². The van der Waals surface area contributed by atoms with Crippen molar-refractivity contribution in [2.24, 2.45) is 5.41 Å². The molecule has 6 rings (SSSR count). The third-order valence-electron chi connectivity index (χ3n) is 8.12. The summed E-state index contributed by atoms with van der Waals surface area (Å²) < 4.78 is 51.6. The van der Waals surface area contributed by atoms with Gasteiger partial charge < -0.3 is 14.6 Å². The van der Waals surface area contributed by atoms with Crippen LogP contribution in [-0.2, 0) is 27.7 Å². The molecule has 8 heteroatoms. The van der Waals surface area contributed by atoms with E-state index in [1.165, 1.54) is 18.6 Å². The molecule has 1 saturated carbocycles. The van der Waals surface area contributed by atoms with Crippen LogP contribution in [0.25, 0.3) is 0 Å². The summed E-state index contributed by atoms with van der Waals surface area (Å²) in [5.41, 5.74) is 2.55. The molecule has 2 spiro atoms. The van der Waals surface area contributed by atoms with Crippen LogP contribution >= 0.6 is 11.6 Å². The van der Waals surface area contributed by atoms with Gasteiger partial charge in [0.25, 0.3) is 0 Å². The van der Waals surface area contributed by atoms with Crippen LogP contribution in [0.15, 0.2) is 24.3 Å². The summed E-state index contributed by atoms with van der Waals surface area (Å²) in [6.07, 6.45) is 0.337. The Morgan fingerprint density at radius 1 is 1.03 bits per heavy atom. The highest BCUT2D eigenvalue weighted by molar-refractivity contribution is 6.30. The Kier molecular flexibility index (Phi) is 4.90. The summed E-state index contributed by atoms with van der Waals surface area (Å²) in [4.78, 5) is 4.74. The van der Waals surface area contributed by atoms with Crippen LogP contribution in [0.2, 0.25) is 5.15 Å². The summed E-state index contributed by atoms with van der Waals surface area (Å²) in [5, 5.41) is 11.6. The monoisotopic (exact) mass is 479 g/mol. The van der Waals surface area contributed by atoms with E-state index < -0.39 is 29.5 Å². The predicted molar refractivity (Wildman–Crippen MR) is 115 cm³/mol. The number of fused-ring (bicyclic) bond motifs is 4. The van der Waals surface area contributed by atoms with Crippen molar-refractivity contribution < 1.29 is 27.8 Å². The molecule has 3 heterocycles. The van der Waals surface area contributed by atoms with Crippen LogP contribution in [0, 0.1) is 5.41 Å². The highest BCUT2D eigenvalue weighted by Gasteiger charge is 2.53. The van der Waals surface area contributed by atoms with Gasteiger partial charge in [-0.15, -0.1) is 0 Å². The predicted octanol–water partition coefficient (Wildman–Crippen LogP) is 6.03. The van der Waals surface area contributed by atoms with E-state index in [0.717, 1.165) is 48.2 Å². The van der Waals surface area contributed by atoms with Gasteiger partial charge in [0.05, 0.1) is 17.3 Å². The lowest BCUT2D eigenvalue weighted by Gasteiger charge is -2.48. The highest BCUT2D eigenvalue weighted by atomic mass is 35.5. The van der Waals surface area contributed by atoms with Crippen LogP contribution in [0.1, 0.15) is 84.2 Å². The second kappa shape index (κ2) is 7.41. The smallest absolute Gasteiger partial charge is 0.388 e. The molecule has 2 aliphatic carbocycles. The number of halogens is 4.